The Kier molecular flexibility index (Phi) is 3.99. The van der Waals surface area contributed by atoms with Crippen LogP contribution in [0.25, 0.3) is 0 Å². The van der Waals surface area contributed by atoms with Gasteiger partial charge in [0.1, 0.15) is 0 Å². The monoisotopic (exact) mass is 318 g/mol. The standard InChI is InChI=1S/C10H10N2O4S3/c1-6(7-3-2-4-17-7)12-19(15,16)10-8(9(13)14)11-5-18-10/h2-6,12H,1H3,(H,13,14)/t6-/m0/s1. The first kappa shape index (κ1) is 14.1. The quantitative estimate of drug-likeness (QED) is 0.878. The van der Waals surface area contributed by atoms with Crippen molar-refractivity contribution < 1.29 is 18.3 Å². The lowest BCUT2D eigenvalue weighted by Gasteiger charge is -2.11. The Bertz CT molecular complexity index is 675. The largest absolute Gasteiger partial charge is 0.476 e. The number of carbonyl (C=O) groups is 1. The minimum absolute atomic E-state index is 0.275. The molecule has 1 atom stereocenters. The molecule has 0 saturated heterocycles. The van der Waals surface area contributed by atoms with E-state index in [1.165, 1.54) is 16.8 Å². The zero-order chi connectivity index (χ0) is 14.0. The first-order valence-corrected chi connectivity index (χ1v) is 8.38. The van der Waals surface area contributed by atoms with E-state index in [1.807, 2.05) is 17.5 Å². The highest BCUT2D eigenvalue weighted by Crippen LogP contribution is 2.24. The van der Waals surface area contributed by atoms with Gasteiger partial charge >= 0.3 is 5.97 Å². The molecule has 0 aliphatic carbocycles. The third-order valence-electron chi connectivity index (χ3n) is 2.28. The number of hydrogen-bond donors (Lipinski definition) is 2. The van der Waals surface area contributed by atoms with Gasteiger partial charge in [0.05, 0.1) is 11.6 Å². The second-order valence-electron chi connectivity index (χ2n) is 3.65. The lowest BCUT2D eigenvalue weighted by atomic mass is 10.3. The molecule has 0 bridgehead atoms. The first-order chi connectivity index (χ1) is 8.92. The van der Waals surface area contributed by atoms with Crippen molar-refractivity contribution in [2.24, 2.45) is 0 Å². The Hall–Kier alpha value is -1.29. The van der Waals surface area contributed by atoms with E-state index in [1.54, 1.807) is 6.92 Å². The first-order valence-electron chi connectivity index (χ1n) is 5.14. The molecule has 0 aliphatic rings. The molecule has 102 valence electrons. The van der Waals surface area contributed by atoms with Crippen molar-refractivity contribution in [2.45, 2.75) is 17.2 Å². The van der Waals surface area contributed by atoms with Crippen LogP contribution >= 0.6 is 22.7 Å². The van der Waals surface area contributed by atoms with Gasteiger partial charge in [0, 0.05) is 4.88 Å². The van der Waals surface area contributed by atoms with Gasteiger partial charge in [-0.1, -0.05) is 6.07 Å². The molecule has 0 unspecified atom stereocenters. The summed E-state index contributed by atoms with van der Waals surface area (Å²) in [6, 6.07) is 3.21. The van der Waals surface area contributed by atoms with Crippen LogP contribution in [0.3, 0.4) is 0 Å². The van der Waals surface area contributed by atoms with Gasteiger partial charge < -0.3 is 5.11 Å². The van der Waals surface area contributed by atoms with Gasteiger partial charge in [-0.15, -0.1) is 22.7 Å². The third-order valence-corrected chi connectivity index (χ3v) is 6.25. The molecule has 19 heavy (non-hydrogen) atoms. The predicted molar refractivity (Wildman–Crippen MR) is 72.1 cm³/mol. The smallest absolute Gasteiger partial charge is 0.356 e. The summed E-state index contributed by atoms with van der Waals surface area (Å²) < 4.78 is 26.4. The highest BCUT2D eigenvalue weighted by atomic mass is 32.2. The van der Waals surface area contributed by atoms with Crippen molar-refractivity contribution in [3.05, 3.63) is 33.6 Å². The summed E-state index contributed by atoms with van der Waals surface area (Å²) in [4.78, 5) is 15.3. The van der Waals surface area contributed by atoms with Gasteiger partial charge in [-0.3, -0.25) is 0 Å². The number of aromatic carboxylic acids is 1. The molecule has 0 radical (unpaired) electrons. The fraction of sp³-hybridized carbons (Fsp3) is 0.200. The van der Waals surface area contributed by atoms with Crippen molar-refractivity contribution in [1.82, 2.24) is 9.71 Å². The second-order valence-corrected chi connectivity index (χ2v) is 7.40. The normalized spacial score (nSPS) is 13.3. The topological polar surface area (TPSA) is 96.4 Å². The van der Waals surface area contributed by atoms with Crippen LogP contribution in [-0.2, 0) is 10.0 Å². The predicted octanol–water partition coefficient (Wildman–Crippen LogP) is 1.94. The van der Waals surface area contributed by atoms with Crippen LogP contribution in [0.4, 0.5) is 0 Å². The number of nitrogens with zero attached hydrogens (tertiary/aromatic N) is 1. The summed E-state index contributed by atoms with van der Waals surface area (Å²) in [5.41, 5.74) is 0.754. The van der Waals surface area contributed by atoms with E-state index in [2.05, 4.69) is 9.71 Å². The fourth-order valence-electron chi connectivity index (χ4n) is 1.45. The van der Waals surface area contributed by atoms with Crippen molar-refractivity contribution in [3.63, 3.8) is 0 Å². The number of carboxylic acid groups (broad SMARTS) is 1. The minimum Gasteiger partial charge on any atom is -0.476 e. The lowest BCUT2D eigenvalue weighted by Crippen LogP contribution is -2.27. The molecular weight excluding hydrogens is 308 g/mol. The number of thiazole rings is 1. The number of nitrogens with one attached hydrogen (secondary N) is 1. The van der Waals surface area contributed by atoms with E-state index < -0.39 is 27.7 Å². The van der Waals surface area contributed by atoms with Gasteiger partial charge in [-0.25, -0.2) is 22.9 Å². The molecule has 0 saturated carbocycles. The number of carboxylic acids is 1. The van der Waals surface area contributed by atoms with Crippen molar-refractivity contribution in [2.75, 3.05) is 0 Å². The van der Waals surface area contributed by atoms with E-state index in [0.717, 1.165) is 16.2 Å². The van der Waals surface area contributed by atoms with E-state index in [4.69, 9.17) is 5.11 Å². The molecule has 0 fully saturated rings. The Morgan fingerprint density at radius 1 is 1.47 bits per heavy atom. The number of hydrogen-bond acceptors (Lipinski definition) is 6. The van der Waals surface area contributed by atoms with Gasteiger partial charge in [0.2, 0.25) is 0 Å². The summed E-state index contributed by atoms with van der Waals surface area (Å²) in [6.45, 7) is 1.70. The number of thiophene rings is 1. The van der Waals surface area contributed by atoms with Crippen LogP contribution in [-0.4, -0.2) is 24.5 Å². The number of sulfonamides is 1. The Balaban J connectivity index is 2.28. The lowest BCUT2D eigenvalue weighted by molar-refractivity contribution is 0.0687. The molecule has 9 heteroatoms. The Morgan fingerprint density at radius 2 is 2.21 bits per heavy atom. The molecular formula is C10H10N2O4S3. The molecule has 0 spiro atoms. The third kappa shape index (κ3) is 3.00. The average Bonchev–Trinajstić information content (AvgIpc) is 3.00. The Morgan fingerprint density at radius 3 is 2.79 bits per heavy atom. The van der Waals surface area contributed by atoms with Crippen molar-refractivity contribution in [3.8, 4) is 0 Å². The van der Waals surface area contributed by atoms with Crippen LogP contribution in [0.2, 0.25) is 0 Å². The number of aromatic nitrogens is 1. The van der Waals surface area contributed by atoms with Crippen LogP contribution in [0.1, 0.15) is 28.3 Å². The zero-order valence-electron chi connectivity index (χ0n) is 9.73. The van der Waals surface area contributed by atoms with Gasteiger partial charge in [0.15, 0.2) is 9.90 Å². The van der Waals surface area contributed by atoms with E-state index in [-0.39, 0.29) is 4.21 Å². The maximum absolute atomic E-state index is 12.1. The summed E-state index contributed by atoms with van der Waals surface area (Å²) in [6.07, 6.45) is 0. The van der Waals surface area contributed by atoms with Gasteiger partial charge in [-0.05, 0) is 18.4 Å². The van der Waals surface area contributed by atoms with E-state index >= 15 is 0 Å². The maximum Gasteiger partial charge on any atom is 0.356 e. The number of rotatable bonds is 5. The fourth-order valence-corrected chi connectivity index (χ4v) is 4.64. The molecule has 0 aromatic carbocycles. The molecule has 2 N–H and O–H groups in total. The molecule has 2 aromatic heterocycles. The summed E-state index contributed by atoms with van der Waals surface area (Å²) in [5, 5.41) is 10.7. The molecule has 0 amide bonds. The van der Waals surface area contributed by atoms with Crippen LogP contribution in [0, 0.1) is 0 Å². The molecule has 2 heterocycles. The van der Waals surface area contributed by atoms with Gasteiger partial charge in [-0.2, -0.15) is 0 Å². The van der Waals surface area contributed by atoms with Crippen molar-refractivity contribution in [1.29, 1.82) is 0 Å². The second kappa shape index (κ2) is 5.37. The van der Waals surface area contributed by atoms with E-state index in [0.29, 0.717) is 0 Å². The van der Waals surface area contributed by atoms with Crippen molar-refractivity contribution >= 4 is 38.7 Å². The maximum atomic E-state index is 12.1. The zero-order valence-corrected chi connectivity index (χ0v) is 12.2. The highest BCUT2D eigenvalue weighted by Gasteiger charge is 2.27. The van der Waals surface area contributed by atoms with Crippen LogP contribution < -0.4 is 4.72 Å². The SMILES string of the molecule is C[C@H](NS(=O)(=O)c1scnc1C(=O)O)c1cccs1. The molecule has 2 rings (SSSR count). The van der Waals surface area contributed by atoms with Crippen LogP contribution in [0.5, 0.6) is 0 Å². The summed E-state index contributed by atoms with van der Waals surface area (Å²) in [7, 11) is -3.89. The van der Waals surface area contributed by atoms with Gasteiger partial charge in [0.25, 0.3) is 10.0 Å². The van der Waals surface area contributed by atoms with Crippen LogP contribution in [0.15, 0.2) is 27.2 Å². The molecule has 2 aromatic rings. The summed E-state index contributed by atoms with van der Waals surface area (Å²) in [5.74, 6) is -1.36. The van der Waals surface area contributed by atoms with E-state index in [9.17, 15) is 13.2 Å². The molecule has 6 nitrogen and oxygen atoms in total. The summed E-state index contributed by atoms with van der Waals surface area (Å²) >= 11 is 2.21. The highest BCUT2D eigenvalue weighted by molar-refractivity contribution is 7.91. The Labute approximate surface area is 117 Å². The average molecular weight is 318 g/mol. The minimum atomic E-state index is -3.89. The molecule has 0 aliphatic heterocycles.